The molecule has 21 heavy (non-hydrogen) atoms. The molecule has 1 N–H and O–H groups in total. The molecule has 0 radical (unpaired) electrons. The monoisotopic (exact) mass is 282 g/mol. The summed E-state index contributed by atoms with van der Waals surface area (Å²) in [6.07, 6.45) is 3.11. The number of hydrogen-bond donors (Lipinski definition) is 1. The number of carboxylic acids is 1. The molecule has 0 unspecified atom stereocenters. The molecule has 106 valence electrons. The van der Waals surface area contributed by atoms with Gasteiger partial charge in [0.25, 0.3) is 0 Å². The van der Waals surface area contributed by atoms with Gasteiger partial charge in [0.2, 0.25) is 0 Å². The maximum atomic E-state index is 12.0. The number of rotatable bonds is 5. The molecule has 0 heterocycles. The first-order valence-electron chi connectivity index (χ1n) is 6.30. The van der Waals surface area contributed by atoms with Crippen molar-refractivity contribution in [1.29, 1.82) is 0 Å². The van der Waals surface area contributed by atoms with Crippen molar-refractivity contribution in [2.45, 2.75) is 0 Å². The second kappa shape index (κ2) is 6.52. The van der Waals surface area contributed by atoms with Crippen LogP contribution < -0.4 is 4.74 Å². The van der Waals surface area contributed by atoms with Gasteiger partial charge in [0, 0.05) is 5.56 Å². The van der Waals surface area contributed by atoms with Gasteiger partial charge < -0.3 is 9.84 Å². The van der Waals surface area contributed by atoms with Gasteiger partial charge in [-0.3, -0.25) is 4.79 Å². The van der Waals surface area contributed by atoms with Crippen molar-refractivity contribution in [1.82, 2.24) is 0 Å². The Kier molecular flexibility index (Phi) is 4.51. The molecule has 0 atom stereocenters. The summed E-state index contributed by atoms with van der Waals surface area (Å²) in [6, 6.07) is 13.1. The summed E-state index contributed by atoms with van der Waals surface area (Å²) >= 11 is 0. The van der Waals surface area contributed by atoms with E-state index in [-0.39, 0.29) is 11.3 Å². The average Bonchev–Trinajstić information content (AvgIpc) is 2.53. The number of aromatic carboxylic acids is 1. The Morgan fingerprint density at radius 1 is 0.952 bits per heavy atom. The molecule has 4 nitrogen and oxygen atoms in total. The first-order chi connectivity index (χ1) is 10.1. The van der Waals surface area contributed by atoms with Crippen LogP contribution in [-0.4, -0.2) is 24.0 Å². The van der Waals surface area contributed by atoms with Crippen LogP contribution in [0.5, 0.6) is 5.75 Å². The van der Waals surface area contributed by atoms with E-state index in [9.17, 15) is 9.59 Å². The molecular weight excluding hydrogens is 268 g/mol. The van der Waals surface area contributed by atoms with Crippen molar-refractivity contribution in [2.75, 3.05) is 7.11 Å². The number of ether oxygens (including phenoxy) is 1. The van der Waals surface area contributed by atoms with E-state index in [0.29, 0.717) is 11.3 Å². The molecular formula is C17H14O4. The van der Waals surface area contributed by atoms with Crippen molar-refractivity contribution in [3.8, 4) is 5.75 Å². The van der Waals surface area contributed by atoms with Gasteiger partial charge in [-0.25, -0.2) is 4.79 Å². The molecule has 0 aromatic heterocycles. The van der Waals surface area contributed by atoms with Gasteiger partial charge in [0.1, 0.15) is 5.75 Å². The highest BCUT2D eigenvalue weighted by atomic mass is 16.5. The Balaban J connectivity index is 2.08. The van der Waals surface area contributed by atoms with Crippen LogP contribution in [-0.2, 0) is 0 Å². The van der Waals surface area contributed by atoms with Crippen molar-refractivity contribution in [2.24, 2.45) is 0 Å². The maximum absolute atomic E-state index is 12.0. The van der Waals surface area contributed by atoms with E-state index >= 15 is 0 Å². The lowest BCUT2D eigenvalue weighted by molar-refractivity contribution is 0.0696. The molecule has 2 aromatic carbocycles. The number of carbonyl (C=O) groups excluding carboxylic acids is 1. The number of ketones is 1. The van der Waals surface area contributed by atoms with Crippen LogP contribution >= 0.6 is 0 Å². The number of benzene rings is 2. The summed E-state index contributed by atoms with van der Waals surface area (Å²) in [5.41, 5.74) is 1.55. The minimum atomic E-state index is -0.972. The predicted octanol–water partition coefficient (Wildman–Crippen LogP) is 3.29. The summed E-state index contributed by atoms with van der Waals surface area (Å²) in [4.78, 5) is 22.7. The van der Waals surface area contributed by atoms with Crippen LogP contribution in [0.25, 0.3) is 6.08 Å². The SMILES string of the molecule is COc1ccc(C(=O)C=Cc2ccc(C(=O)O)cc2)cc1. The molecule has 0 bridgehead atoms. The lowest BCUT2D eigenvalue weighted by Crippen LogP contribution is -1.95. The lowest BCUT2D eigenvalue weighted by Gasteiger charge is -2.00. The third-order valence-electron chi connectivity index (χ3n) is 2.96. The van der Waals surface area contributed by atoms with Gasteiger partial charge in [-0.15, -0.1) is 0 Å². The van der Waals surface area contributed by atoms with Gasteiger partial charge in [0.15, 0.2) is 5.78 Å². The Labute approximate surface area is 122 Å². The van der Waals surface area contributed by atoms with Gasteiger partial charge in [-0.1, -0.05) is 18.2 Å². The number of carboxylic acid groups (broad SMARTS) is 1. The zero-order valence-electron chi connectivity index (χ0n) is 11.4. The molecule has 0 aliphatic rings. The first kappa shape index (κ1) is 14.5. The van der Waals surface area contributed by atoms with E-state index in [4.69, 9.17) is 9.84 Å². The molecule has 2 aromatic rings. The van der Waals surface area contributed by atoms with Crippen LogP contribution in [0.1, 0.15) is 26.3 Å². The average molecular weight is 282 g/mol. The molecule has 0 saturated heterocycles. The second-order valence-electron chi connectivity index (χ2n) is 4.35. The number of allylic oxidation sites excluding steroid dienone is 1. The van der Waals surface area contributed by atoms with Crippen LogP contribution in [0.4, 0.5) is 0 Å². The fourth-order valence-electron chi connectivity index (χ4n) is 1.76. The fourth-order valence-corrected chi connectivity index (χ4v) is 1.76. The molecule has 4 heteroatoms. The predicted molar refractivity (Wildman–Crippen MR) is 79.8 cm³/mol. The van der Waals surface area contributed by atoms with Gasteiger partial charge >= 0.3 is 5.97 Å². The minimum Gasteiger partial charge on any atom is -0.497 e. The second-order valence-corrected chi connectivity index (χ2v) is 4.35. The first-order valence-corrected chi connectivity index (χ1v) is 6.30. The zero-order valence-corrected chi connectivity index (χ0v) is 11.4. The highest BCUT2D eigenvalue weighted by Crippen LogP contribution is 2.13. The van der Waals surface area contributed by atoms with E-state index in [0.717, 1.165) is 5.56 Å². The molecule has 0 saturated carbocycles. The summed E-state index contributed by atoms with van der Waals surface area (Å²) < 4.78 is 5.03. The number of hydrogen-bond acceptors (Lipinski definition) is 3. The highest BCUT2D eigenvalue weighted by molar-refractivity contribution is 6.06. The van der Waals surface area contributed by atoms with Crippen molar-refractivity contribution in [3.05, 3.63) is 71.3 Å². The number of carbonyl (C=O) groups is 2. The molecule has 0 spiro atoms. The van der Waals surface area contributed by atoms with E-state index in [1.165, 1.54) is 18.2 Å². The van der Waals surface area contributed by atoms with E-state index < -0.39 is 5.97 Å². The van der Waals surface area contributed by atoms with Crippen molar-refractivity contribution < 1.29 is 19.4 Å². The van der Waals surface area contributed by atoms with Crippen LogP contribution in [0.3, 0.4) is 0 Å². The molecule has 0 fully saturated rings. The fraction of sp³-hybridized carbons (Fsp3) is 0.0588. The van der Waals surface area contributed by atoms with Gasteiger partial charge in [-0.2, -0.15) is 0 Å². The Bertz CT molecular complexity index is 667. The topological polar surface area (TPSA) is 63.6 Å². The summed E-state index contributed by atoms with van der Waals surface area (Å²) in [5.74, 6) is -0.403. The highest BCUT2D eigenvalue weighted by Gasteiger charge is 2.03. The van der Waals surface area contributed by atoms with Crippen LogP contribution in [0.2, 0.25) is 0 Å². The van der Waals surface area contributed by atoms with E-state index in [1.54, 1.807) is 49.6 Å². The Morgan fingerprint density at radius 3 is 2.05 bits per heavy atom. The maximum Gasteiger partial charge on any atom is 0.335 e. The molecule has 0 aliphatic heterocycles. The van der Waals surface area contributed by atoms with Crippen molar-refractivity contribution in [3.63, 3.8) is 0 Å². The summed E-state index contributed by atoms with van der Waals surface area (Å²) in [6.45, 7) is 0. The minimum absolute atomic E-state index is 0.125. The molecule has 0 amide bonds. The smallest absolute Gasteiger partial charge is 0.335 e. The zero-order chi connectivity index (χ0) is 15.2. The third-order valence-corrected chi connectivity index (χ3v) is 2.96. The van der Waals surface area contributed by atoms with Gasteiger partial charge in [-0.05, 0) is 48.0 Å². The molecule has 0 aliphatic carbocycles. The third kappa shape index (κ3) is 3.79. The standard InChI is InChI=1S/C17H14O4/c1-21-15-9-7-13(8-10-15)16(18)11-4-12-2-5-14(6-3-12)17(19)20/h2-11H,1H3,(H,19,20). The number of methoxy groups -OCH3 is 1. The Hall–Kier alpha value is -2.88. The molecule has 2 rings (SSSR count). The lowest BCUT2D eigenvalue weighted by atomic mass is 10.1. The Morgan fingerprint density at radius 2 is 1.52 bits per heavy atom. The summed E-state index contributed by atoms with van der Waals surface area (Å²) in [5, 5.41) is 8.80. The van der Waals surface area contributed by atoms with E-state index in [1.807, 2.05) is 0 Å². The van der Waals surface area contributed by atoms with Crippen molar-refractivity contribution >= 4 is 17.8 Å². The van der Waals surface area contributed by atoms with Gasteiger partial charge in [0.05, 0.1) is 12.7 Å². The van der Waals surface area contributed by atoms with E-state index in [2.05, 4.69) is 0 Å². The summed E-state index contributed by atoms with van der Waals surface area (Å²) in [7, 11) is 1.57. The largest absolute Gasteiger partial charge is 0.497 e. The van der Waals surface area contributed by atoms with Crippen LogP contribution in [0, 0.1) is 0 Å². The van der Waals surface area contributed by atoms with Crippen LogP contribution in [0.15, 0.2) is 54.6 Å². The normalized spacial score (nSPS) is 10.5. The quantitative estimate of drug-likeness (QED) is 0.675.